The van der Waals surface area contributed by atoms with E-state index in [1.165, 1.54) is 12.8 Å². The Hall–Kier alpha value is -0.680. The fourth-order valence-corrected chi connectivity index (χ4v) is 3.34. The molecule has 2 rings (SSSR count). The molecule has 4 nitrogen and oxygen atoms in total. The lowest BCUT2D eigenvalue weighted by Crippen LogP contribution is -2.39. The SMILES string of the molecule is CCCc1nsc(N2CCCC2CNCC(C)C)n1. The maximum Gasteiger partial charge on any atom is 0.205 e. The normalized spacial score (nSPS) is 19.6. The second-order valence-corrected chi connectivity index (χ2v) is 6.52. The van der Waals surface area contributed by atoms with Gasteiger partial charge in [-0.05, 0) is 31.7 Å². The van der Waals surface area contributed by atoms with Gasteiger partial charge in [-0.1, -0.05) is 20.8 Å². The first kappa shape index (κ1) is 14.7. The first-order valence-corrected chi connectivity index (χ1v) is 8.28. The average molecular weight is 282 g/mol. The van der Waals surface area contributed by atoms with Crippen LogP contribution >= 0.6 is 11.5 Å². The van der Waals surface area contributed by atoms with E-state index in [1.807, 2.05) is 0 Å². The number of aryl methyl sites for hydroxylation is 1. The summed E-state index contributed by atoms with van der Waals surface area (Å²) < 4.78 is 4.46. The summed E-state index contributed by atoms with van der Waals surface area (Å²) in [4.78, 5) is 7.13. The largest absolute Gasteiger partial charge is 0.343 e. The maximum absolute atomic E-state index is 4.68. The molecule has 19 heavy (non-hydrogen) atoms. The zero-order valence-corrected chi connectivity index (χ0v) is 13.2. The van der Waals surface area contributed by atoms with E-state index in [0.29, 0.717) is 12.0 Å². The summed E-state index contributed by atoms with van der Waals surface area (Å²) in [6, 6.07) is 0.598. The van der Waals surface area contributed by atoms with E-state index < -0.39 is 0 Å². The van der Waals surface area contributed by atoms with Crippen molar-refractivity contribution >= 4 is 16.7 Å². The van der Waals surface area contributed by atoms with Crippen molar-refractivity contribution in [3.05, 3.63) is 5.82 Å². The third-order valence-corrected chi connectivity index (χ3v) is 4.28. The molecule has 0 spiro atoms. The monoisotopic (exact) mass is 282 g/mol. The number of hydrogen-bond donors (Lipinski definition) is 1. The molecule has 0 aromatic carbocycles. The lowest BCUT2D eigenvalue weighted by atomic mass is 10.2. The van der Waals surface area contributed by atoms with E-state index in [9.17, 15) is 0 Å². The molecule has 108 valence electrons. The van der Waals surface area contributed by atoms with Crippen LogP contribution in [0.3, 0.4) is 0 Å². The molecule has 1 aliphatic rings. The molecule has 1 aromatic heterocycles. The Morgan fingerprint density at radius 2 is 2.32 bits per heavy atom. The summed E-state index contributed by atoms with van der Waals surface area (Å²) in [6.07, 6.45) is 4.67. The van der Waals surface area contributed by atoms with Crippen molar-refractivity contribution in [1.82, 2.24) is 14.7 Å². The van der Waals surface area contributed by atoms with E-state index in [0.717, 1.165) is 43.4 Å². The van der Waals surface area contributed by atoms with Gasteiger partial charge in [0.2, 0.25) is 5.13 Å². The third-order valence-electron chi connectivity index (χ3n) is 3.49. The first-order valence-electron chi connectivity index (χ1n) is 7.50. The summed E-state index contributed by atoms with van der Waals surface area (Å²) in [7, 11) is 0. The summed E-state index contributed by atoms with van der Waals surface area (Å²) >= 11 is 1.57. The number of anilines is 1. The minimum atomic E-state index is 0.598. The number of nitrogens with one attached hydrogen (secondary N) is 1. The predicted molar refractivity (Wildman–Crippen MR) is 82.0 cm³/mol. The van der Waals surface area contributed by atoms with Crippen molar-refractivity contribution in [3.63, 3.8) is 0 Å². The van der Waals surface area contributed by atoms with E-state index in [1.54, 1.807) is 11.5 Å². The molecule has 2 heterocycles. The minimum absolute atomic E-state index is 0.598. The van der Waals surface area contributed by atoms with Crippen LogP contribution < -0.4 is 10.2 Å². The Bertz CT molecular complexity index is 377. The van der Waals surface area contributed by atoms with Gasteiger partial charge >= 0.3 is 0 Å². The van der Waals surface area contributed by atoms with Crippen LogP contribution in [0.25, 0.3) is 0 Å². The summed E-state index contributed by atoms with van der Waals surface area (Å²) in [5.41, 5.74) is 0. The van der Waals surface area contributed by atoms with Gasteiger partial charge < -0.3 is 10.2 Å². The van der Waals surface area contributed by atoms with Crippen LogP contribution in [0.2, 0.25) is 0 Å². The molecule has 0 saturated carbocycles. The molecular formula is C14H26N4S. The molecule has 0 aliphatic carbocycles. The minimum Gasteiger partial charge on any atom is -0.343 e. The number of hydrogen-bond acceptors (Lipinski definition) is 5. The molecule has 0 radical (unpaired) electrons. The van der Waals surface area contributed by atoms with Gasteiger partial charge in [-0.2, -0.15) is 4.37 Å². The van der Waals surface area contributed by atoms with Gasteiger partial charge in [0, 0.05) is 37.1 Å². The maximum atomic E-state index is 4.68. The number of aromatic nitrogens is 2. The van der Waals surface area contributed by atoms with E-state index in [-0.39, 0.29) is 0 Å². The highest BCUT2D eigenvalue weighted by atomic mass is 32.1. The molecule has 1 unspecified atom stereocenters. The van der Waals surface area contributed by atoms with Gasteiger partial charge in [0.05, 0.1) is 0 Å². The van der Waals surface area contributed by atoms with E-state index >= 15 is 0 Å². The highest BCUT2D eigenvalue weighted by molar-refractivity contribution is 7.09. The number of nitrogens with zero attached hydrogens (tertiary/aromatic N) is 3. The van der Waals surface area contributed by atoms with Crippen molar-refractivity contribution in [1.29, 1.82) is 0 Å². The molecular weight excluding hydrogens is 256 g/mol. The van der Waals surface area contributed by atoms with E-state index in [2.05, 4.69) is 40.3 Å². The lowest BCUT2D eigenvalue weighted by molar-refractivity contribution is 0.512. The van der Waals surface area contributed by atoms with Gasteiger partial charge in [-0.3, -0.25) is 0 Å². The van der Waals surface area contributed by atoms with Gasteiger partial charge in [0.1, 0.15) is 5.82 Å². The quantitative estimate of drug-likeness (QED) is 0.835. The molecule has 5 heteroatoms. The van der Waals surface area contributed by atoms with Crippen LogP contribution in [0.1, 0.15) is 45.9 Å². The van der Waals surface area contributed by atoms with Crippen LogP contribution in [0.4, 0.5) is 5.13 Å². The zero-order chi connectivity index (χ0) is 13.7. The molecule has 0 bridgehead atoms. The predicted octanol–water partition coefficient (Wildman–Crippen LogP) is 2.71. The Morgan fingerprint density at radius 3 is 3.05 bits per heavy atom. The molecule has 1 aliphatic heterocycles. The molecule has 1 fully saturated rings. The molecule has 1 saturated heterocycles. The van der Waals surface area contributed by atoms with Crippen molar-refractivity contribution in [2.45, 2.75) is 52.5 Å². The highest BCUT2D eigenvalue weighted by Gasteiger charge is 2.26. The van der Waals surface area contributed by atoms with Gasteiger partial charge in [-0.15, -0.1) is 0 Å². The first-order chi connectivity index (χ1) is 9.20. The average Bonchev–Trinajstić information content (AvgIpc) is 2.97. The van der Waals surface area contributed by atoms with Crippen molar-refractivity contribution < 1.29 is 0 Å². The van der Waals surface area contributed by atoms with Crippen molar-refractivity contribution in [2.24, 2.45) is 5.92 Å². The summed E-state index contributed by atoms with van der Waals surface area (Å²) in [5.74, 6) is 1.73. The Kier molecular flexibility index (Phi) is 5.58. The second-order valence-electron chi connectivity index (χ2n) is 5.78. The molecule has 1 aromatic rings. The zero-order valence-electron chi connectivity index (χ0n) is 12.4. The van der Waals surface area contributed by atoms with Crippen molar-refractivity contribution in [3.8, 4) is 0 Å². The van der Waals surface area contributed by atoms with Crippen LogP contribution in [-0.2, 0) is 6.42 Å². The van der Waals surface area contributed by atoms with Gasteiger partial charge in [0.25, 0.3) is 0 Å². The van der Waals surface area contributed by atoms with Crippen LogP contribution in [0, 0.1) is 5.92 Å². The Balaban J connectivity index is 1.89. The smallest absolute Gasteiger partial charge is 0.205 e. The fourth-order valence-electron chi connectivity index (χ4n) is 2.52. The lowest BCUT2D eigenvalue weighted by Gasteiger charge is -2.24. The van der Waals surface area contributed by atoms with Gasteiger partial charge in [-0.25, -0.2) is 4.98 Å². The molecule has 1 atom stereocenters. The number of rotatable bonds is 7. The van der Waals surface area contributed by atoms with Gasteiger partial charge in [0.15, 0.2) is 0 Å². The fraction of sp³-hybridized carbons (Fsp3) is 0.857. The Labute approximate surface area is 120 Å². The molecule has 1 N–H and O–H groups in total. The Morgan fingerprint density at radius 1 is 1.47 bits per heavy atom. The highest BCUT2D eigenvalue weighted by Crippen LogP contribution is 2.26. The van der Waals surface area contributed by atoms with E-state index in [4.69, 9.17) is 0 Å². The van der Waals surface area contributed by atoms with Crippen LogP contribution in [0.5, 0.6) is 0 Å². The van der Waals surface area contributed by atoms with Crippen molar-refractivity contribution in [2.75, 3.05) is 24.5 Å². The standard InChI is InChI=1S/C14H26N4S/c1-4-6-13-16-14(19-17-13)18-8-5-7-12(18)10-15-9-11(2)3/h11-12,15H,4-10H2,1-3H3. The van der Waals surface area contributed by atoms with Crippen LogP contribution in [-0.4, -0.2) is 35.0 Å². The third kappa shape index (κ3) is 4.14. The summed E-state index contributed by atoms with van der Waals surface area (Å²) in [6.45, 7) is 9.98. The second kappa shape index (κ2) is 7.20. The summed E-state index contributed by atoms with van der Waals surface area (Å²) in [5, 5.41) is 4.70. The topological polar surface area (TPSA) is 41.1 Å². The van der Waals surface area contributed by atoms with Crippen LogP contribution in [0.15, 0.2) is 0 Å². The molecule has 0 amide bonds.